The summed E-state index contributed by atoms with van der Waals surface area (Å²) in [5, 5.41) is 12.3. The van der Waals surface area contributed by atoms with Gasteiger partial charge in [-0.15, -0.1) is 0 Å². The second-order valence-corrected chi connectivity index (χ2v) is 8.04. The van der Waals surface area contributed by atoms with Crippen LogP contribution in [-0.4, -0.2) is 46.5 Å². The molecule has 0 amide bonds. The molecular weight excluding hydrogens is 338 g/mol. The molecule has 1 atom stereocenters. The zero-order chi connectivity index (χ0) is 18.4. The number of aromatic nitrogens is 3. The van der Waals surface area contributed by atoms with Gasteiger partial charge in [0.1, 0.15) is 22.9 Å². The van der Waals surface area contributed by atoms with Crippen molar-refractivity contribution in [1.82, 2.24) is 20.5 Å². The first kappa shape index (κ1) is 16.6. The van der Waals surface area contributed by atoms with Crippen molar-refractivity contribution < 1.29 is 4.74 Å². The van der Waals surface area contributed by atoms with Crippen LogP contribution in [0.4, 0.5) is 5.82 Å². The highest BCUT2D eigenvalue weighted by atomic mass is 16.5. The lowest BCUT2D eigenvalue weighted by Gasteiger charge is -2.32. The molecule has 1 saturated carbocycles. The lowest BCUT2D eigenvalue weighted by Crippen LogP contribution is -2.49. The van der Waals surface area contributed by atoms with Gasteiger partial charge in [0.25, 0.3) is 0 Å². The lowest BCUT2D eigenvalue weighted by atomic mass is 10.1. The number of anilines is 1. The smallest absolute Gasteiger partial charge is 0.129 e. The second-order valence-electron chi connectivity index (χ2n) is 8.04. The molecule has 1 aromatic carbocycles. The predicted octanol–water partition coefficient (Wildman–Crippen LogP) is 3.35. The molecule has 6 heteroatoms. The van der Waals surface area contributed by atoms with Gasteiger partial charge >= 0.3 is 0 Å². The van der Waals surface area contributed by atoms with E-state index in [4.69, 9.17) is 4.74 Å². The third-order valence-corrected chi connectivity index (χ3v) is 5.56. The molecule has 0 spiro atoms. The Labute approximate surface area is 158 Å². The van der Waals surface area contributed by atoms with E-state index in [1.807, 2.05) is 24.4 Å². The number of hydrogen-bond acceptors (Lipinski definition) is 5. The quantitative estimate of drug-likeness (QED) is 0.744. The van der Waals surface area contributed by atoms with Crippen molar-refractivity contribution >= 4 is 16.7 Å². The lowest BCUT2D eigenvalue weighted by molar-refractivity contribution is 0.200. The number of nitrogens with one attached hydrogen (secondary N) is 2. The van der Waals surface area contributed by atoms with E-state index in [9.17, 15) is 0 Å². The van der Waals surface area contributed by atoms with Gasteiger partial charge in [-0.2, -0.15) is 5.10 Å². The summed E-state index contributed by atoms with van der Waals surface area (Å²) in [5.74, 6) is 1.92. The summed E-state index contributed by atoms with van der Waals surface area (Å²) in [5.41, 5.74) is 3.06. The average Bonchev–Trinajstić information content (AvgIpc) is 3.25. The van der Waals surface area contributed by atoms with Gasteiger partial charge in [0.2, 0.25) is 0 Å². The van der Waals surface area contributed by atoms with Gasteiger partial charge in [-0.25, -0.2) is 4.98 Å². The Hall–Kier alpha value is -2.60. The fourth-order valence-electron chi connectivity index (χ4n) is 3.72. The van der Waals surface area contributed by atoms with Crippen molar-refractivity contribution in [2.75, 3.05) is 24.5 Å². The Morgan fingerprint density at radius 1 is 1.22 bits per heavy atom. The highest BCUT2D eigenvalue weighted by Crippen LogP contribution is 2.40. The van der Waals surface area contributed by atoms with Crippen LogP contribution >= 0.6 is 0 Å². The van der Waals surface area contributed by atoms with E-state index in [0.29, 0.717) is 6.04 Å². The van der Waals surface area contributed by atoms with Gasteiger partial charge in [-0.3, -0.25) is 5.10 Å². The SMILES string of the molecule is C[C@H]1CN(c2cc(-c3n[nH]c4ccc(OC5(C)CC5)cc34)ccn2)CCN1. The van der Waals surface area contributed by atoms with Gasteiger partial charge in [0.15, 0.2) is 0 Å². The van der Waals surface area contributed by atoms with Gasteiger partial charge in [0, 0.05) is 42.8 Å². The van der Waals surface area contributed by atoms with Crippen LogP contribution in [0, 0.1) is 0 Å². The standard InChI is InChI=1S/C21H25N5O/c1-14-13-26(10-9-22-14)19-11-15(5-8-23-19)20-17-12-16(27-21(2)6-7-21)3-4-18(17)24-25-20/h3-5,8,11-12,14,22H,6-7,9-10,13H2,1-2H3,(H,24,25)/t14-/m0/s1. The molecule has 0 radical (unpaired) electrons. The minimum Gasteiger partial charge on any atom is -0.488 e. The normalized spacial score (nSPS) is 21.4. The molecule has 1 aliphatic heterocycles. The Morgan fingerprint density at radius 2 is 2.11 bits per heavy atom. The van der Waals surface area contributed by atoms with Crippen LogP contribution < -0.4 is 15.0 Å². The van der Waals surface area contributed by atoms with E-state index >= 15 is 0 Å². The van der Waals surface area contributed by atoms with Crippen LogP contribution in [0.2, 0.25) is 0 Å². The number of benzene rings is 1. The van der Waals surface area contributed by atoms with Gasteiger partial charge in [-0.05, 0) is 57.0 Å². The number of pyridine rings is 1. The van der Waals surface area contributed by atoms with Gasteiger partial charge in [-0.1, -0.05) is 0 Å². The first-order chi connectivity index (χ1) is 13.1. The Morgan fingerprint density at radius 3 is 2.93 bits per heavy atom. The number of piperazine rings is 1. The van der Waals surface area contributed by atoms with E-state index in [0.717, 1.165) is 66.2 Å². The Bertz CT molecular complexity index is 978. The molecule has 1 saturated heterocycles. The molecule has 2 aromatic heterocycles. The fraction of sp³-hybridized carbons (Fsp3) is 0.429. The topological polar surface area (TPSA) is 66.1 Å². The largest absolute Gasteiger partial charge is 0.488 e. The first-order valence-electron chi connectivity index (χ1n) is 9.72. The minimum atomic E-state index is 0.0143. The molecule has 5 rings (SSSR count). The third-order valence-electron chi connectivity index (χ3n) is 5.56. The molecule has 2 aliphatic rings. The van der Waals surface area contributed by atoms with Crippen LogP contribution in [0.25, 0.3) is 22.2 Å². The monoisotopic (exact) mass is 363 g/mol. The summed E-state index contributed by atoms with van der Waals surface area (Å²) in [6.45, 7) is 7.29. The third kappa shape index (κ3) is 3.25. The van der Waals surface area contributed by atoms with Crippen LogP contribution in [0.3, 0.4) is 0 Å². The maximum absolute atomic E-state index is 6.14. The first-order valence-corrected chi connectivity index (χ1v) is 9.72. The molecule has 140 valence electrons. The van der Waals surface area contributed by atoms with E-state index in [1.54, 1.807) is 0 Å². The second kappa shape index (κ2) is 6.23. The summed E-state index contributed by atoms with van der Waals surface area (Å²) < 4.78 is 6.14. The van der Waals surface area contributed by atoms with E-state index in [2.05, 4.69) is 51.4 Å². The Kier molecular flexibility index (Phi) is 3.82. The number of ether oxygens (including phenoxy) is 1. The maximum atomic E-state index is 6.14. The molecule has 27 heavy (non-hydrogen) atoms. The Balaban J connectivity index is 1.49. The van der Waals surface area contributed by atoms with Crippen molar-refractivity contribution in [3.63, 3.8) is 0 Å². The van der Waals surface area contributed by atoms with Crippen molar-refractivity contribution in [1.29, 1.82) is 0 Å². The van der Waals surface area contributed by atoms with Crippen molar-refractivity contribution in [2.24, 2.45) is 0 Å². The summed E-state index contributed by atoms with van der Waals surface area (Å²) in [6, 6.07) is 10.8. The number of fused-ring (bicyclic) bond motifs is 1. The fourth-order valence-corrected chi connectivity index (χ4v) is 3.72. The number of nitrogens with zero attached hydrogens (tertiary/aromatic N) is 3. The molecule has 2 fully saturated rings. The minimum absolute atomic E-state index is 0.0143. The number of rotatable bonds is 4. The van der Waals surface area contributed by atoms with E-state index in [-0.39, 0.29) is 5.60 Å². The molecule has 0 unspecified atom stereocenters. The number of hydrogen-bond donors (Lipinski definition) is 2. The average molecular weight is 363 g/mol. The molecule has 3 heterocycles. The molecule has 0 bridgehead atoms. The van der Waals surface area contributed by atoms with E-state index in [1.165, 1.54) is 0 Å². The predicted molar refractivity (Wildman–Crippen MR) is 107 cm³/mol. The highest BCUT2D eigenvalue weighted by molar-refractivity contribution is 5.94. The zero-order valence-electron chi connectivity index (χ0n) is 15.8. The molecule has 2 N–H and O–H groups in total. The summed E-state index contributed by atoms with van der Waals surface area (Å²) >= 11 is 0. The van der Waals surface area contributed by atoms with Crippen LogP contribution in [-0.2, 0) is 0 Å². The highest BCUT2D eigenvalue weighted by Gasteiger charge is 2.40. The van der Waals surface area contributed by atoms with Crippen molar-refractivity contribution in [2.45, 2.75) is 38.3 Å². The zero-order valence-corrected chi connectivity index (χ0v) is 15.8. The van der Waals surface area contributed by atoms with Gasteiger partial charge < -0.3 is 15.0 Å². The van der Waals surface area contributed by atoms with Crippen LogP contribution in [0.5, 0.6) is 5.75 Å². The number of aromatic amines is 1. The molecular formula is C21H25N5O. The summed E-state index contributed by atoms with van der Waals surface area (Å²) in [7, 11) is 0. The summed E-state index contributed by atoms with van der Waals surface area (Å²) in [6.07, 6.45) is 4.13. The van der Waals surface area contributed by atoms with Crippen LogP contribution in [0.15, 0.2) is 36.5 Å². The summed E-state index contributed by atoms with van der Waals surface area (Å²) in [4.78, 5) is 6.93. The van der Waals surface area contributed by atoms with E-state index < -0.39 is 0 Å². The number of H-pyrrole nitrogens is 1. The van der Waals surface area contributed by atoms with Crippen molar-refractivity contribution in [3.8, 4) is 17.0 Å². The van der Waals surface area contributed by atoms with Crippen LogP contribution in [0.1, 0.15) is 26.7 Å². The molecule has 1 aliphatic carbocycles. The maximum Gasteiger partial charge on any atom is 0.129 e. The van der Waals surface area contributed by atoms with Gasteiger partial charge in [0.05, 0.1) is 5.52 Å². The van der Waals surface area contributed by atoms with Crippen molar-refractivity contribution in [3.05, 3.63) is 36.5 Å². The molecule has 3 aromatic rings. The molecule has 6 nitrogen and oxygen atoms in total.